The highest BCUT2D eigenvalue weighted by Crippen LogP contribution is 2.17. The molecule has 0 aliphatic rings. The van der Waals surface area contributed by atoms with E-state index in [1.54, 1.807) is 11.3 Å². The van der Waals surface area contributed by atoms with Crippen molar-refractivity contribution >= 4 is 23.0 Å². The summed E-state index contributed by atoms with van der Waals surface area (Å²) in [5.41, 5.74) is 0. The molecule has 0 aliphatic heterocycles. The Kier molecular flexibility index (Phi) is 6.73. The second-order valence-corrected chi connectivity index (χ2v) is 5.47. The zero-order valence-corrected chi connectivity index (χ0v) is 12.7. The highest BCUT2D eigenvalue weighted by molar-refractivity contribution is 7.14. The number of nitrogens with one attached hydrogen (secondary N) is 1. The van der Waals surface area contributed by atoms with Crippen LogP contribution in [0.15, 0.2) is 12.1 Å². The molecule has 0 spiro atoms. The Bertz CT molecular complexity index is 429. The minimum atomic E-state index is -0.0300. The molecule has 0 fully saturated rings. The van der Waals surface area contributed by atoms with Crippen molar-refractivity contribution in [1.29, 1.82) is 0 Å². The first-order valence-corrected chi connectivity index (χ1v) is 7.53. The van der Waals surface area contributed by atoms with Crippen LogP contribution in [0.5, 0.6) is 0 Å². The Morgan fingerprint density at radius 2 is 1.95 bits per heavy atom. The molecule has 0 saturated carbocycles. The van der Waals surface area contributed by atoms with Gasteiger partial charge in [0.2, 0.25) is 5.91 Å². The van der Waals surface area contributed by atoms with E-state index in [-0.39, 0.29) is 18.2 Å². The summed E-state index contributed by atoms with van der Waals surface area (Å²) >= 11 is 1.55. The lowest BCUT2D eigenvalue weighted by molar-refractivity contribution is -0.121. The molecule has 106 valence electrons. The van der Waals surface area contributed by atoms with E-state index in [1.807, 2.05) is 30.9 Å². The number of amides is 1. The van der Waals surface area contributed by atoms with Crippen LogP contribution < -0.4 is 5.32 Å². The monoisotopic (exact) mass is 282 g/mol. The number of nitrogens with zero attached hydrogens (tertiary/aromatic N) is 1. The maximum Gasteiger partial charge on any atom is 0.234 e. The molecule has 1 N–H and O–H groups in total. The van der Waals surface area contributed by atoms with Gasteiger partial charge in [-0.05, 0) is 32.0 Å². The van der Waals surface area contributed by atoms with E-state index in [1.165, 1.54) is 4.88 Å². The van der Waals surface area contributed by atoms with E-state index in [4.69, 9.17) is 0 Å². The lowest BCUT2D eigenvalue weighted by Gasteiger charge is -2.18. The lowest BCUT2D eigenvalue weighted by atomic mass is 10.3. The number of hydrogen-bond acceptors (Lipinski definition) is 4. The van der Waals surface area contributed by atoms with Gasteiger partial charge in [0, 0.05) is 11.4 Å². The number of ketones is 1. The van der Waals surface area contributed by atoms with E-state index >= 15 is 0 Å². The average Bonchev–Trinajstić information content (AvgIpc) is 2.87. The molecule has 19 heavy (non-hydrogen) atoms. The summed E-state index contributed by atoms with van der Waals surface area (Å²) in [5, 5.41) is 2.75. The molecule has 1 aromatic rings. The Hall–Kier alpha value is -1.20. The molecule has 1 rings (SSSR count). The molecule has 0 aliphatic carbocycles. The van der Waals surface area contributed by atoms with Gasteiger partial charge >= 0.3 is 0 Å². The Balaban J connectivity index is 2.55. The molecule has 0 atom stereocenters. The number of thiophene rings is 1. The predicted molar refractivity (Wildman–Crippen MR) is 78.8 cm³/mol. The Morgan fingerprint density at radius 3 is 2.47 bits per heavy atom. The summed E-state index contributed by atoms with van der Waals surface area (Å²) in [6.45, 7) is 7.81. The number of hydrogen-bond donors (Lipinski definition) is 1. The summed E-state index contributed by atoms with van der Waals surface area (Å²) in [5.74, 6) is 0.0634. The fraction of sp³-hybridized carbons (Fsp3) is 0.571. The van der Waals surface area contributed by atoms with Crippen LogP contribution in [0.2, 0.25) is 0 Å². The second-order valence-electron chi connectivity index (χ2n) is 4.30. The molecule has 1 amide bonds. The van der Waals surface area contributed by atoms with Crippen LogP contribution in [-0.2, 0) is 11.2 Å². The SMILES string of the molecule is CCNC(=O)CN(CC)CC(=O)c1ccc(CC)s1. The van der Waals surface area contributed by atoms with Gasteiger partial charge in [0.1, 0.15) is 0 Å². The third-order valence-electron chi connectivity index (χ3n) is 2.84. The predicted octanol–water partition coefficient (Wildman–Crippen LogP) is 1.95. The topological polar surface area (TPSA) is 49.4 Å². The van der Waals surface area contributed by atoms with Gasteiger partial charge in [0.25, 0.3) is 0 Å². The normalized spacial score (nSPS) is 10.7. The van der Waals surface area contributed by atoms with Crippen LogP contribution in [0.4, 0.5) is 0 Å². The zero-order chi connectivity index (χ0) is 14.3. The van der Waals surface area contributed by atoms with Gasteiger partial charge in [-0.3, -0.25) is 14.5 Å². The molecule has 0 saturated heterocycles. The minimum absolute atomic E-state index is 0.0300. The van der Waals surface area contributed by atoms with Crippen molar-refractivity contribution in [3.05, 3.63) is 21.9 Å². The van der Waals surface area contributed by atoms with Crippen molar-refractivity contribution in [3.63, 3.8) is 0 Å². The molecular weight excluding hydrogens is 260 g/mol. The number of aryl methyl sites for hydroxylation is 1. The van der Waals surface area contributed by atoms with Crippen LogP contribution in [-0.4, -0.2) is 42.8 Å². The summed E-state index contributed by atoms with van der Waals surface area (Å²) in [6.07, 6.45) is 0.953. The average molecular weight is 282 g/mol. The second kappa shape index (κ2) is 8.07. The number of carbonyl (C=O) groups is 2. The number of Topliss-reactive ketones (excluding diaryl/α,β-unsaturated/α-hetero) is 1. The molecule has 4 nitrogen and oxygen atoms in total. The van der Waals surface area contributed by atoms with Gasteiger partial charge in [0.15, 0.2) is 5.78 Å². The maximum absolute atomic E-state index is 12.1. The van der Waals surface area contributed by atoms with E-state index < -0.39 is 0 Å². The molecular formula is C14H22N2O2S. The third-order valence-corrected chi connectivity index (χ3v) is 4.11. The molecule has 1 heterocycles. The first-order chi connectivity index (χ1) is 9.10. The van der Waals surface area contributed by atoms with Crippen molar-refractivity contribution in [2.75, 3.05) is 26.2 Å². The maximum atomic E-state index is 12.1. The Morgan fingerprint density at radius 1 is 1.21 bits per heavy atom. The van der Waals surface area contributed by atoms with E-state index in [0.717, 1.165) is 11.3 Å². The first-order valence-electron chi connectivity index (χ1n) is 6.71. The van der Waals surface area contributed by atoms with Crippen molar-refractivity contribution in [3.8, 4) is 0 Å². The van der Waals surface area contributed by atoms with Crippen LogP contribution in [0.3, 0.4) is 0 Å². The molecule has 0 aromatic carbocycles. The molecule has 0 unspecified atom stereocenters. The van der Waals surface area contributed by atoms with E-state index in [9.17, 15) is 9.59 Å². The first kappa shape index (κ1) is 15.9. The van der Waals surface area contributed by atoms with Crippen LogP contribution in [0, 0.1) is 0 Å². The Labute approximate surface area is 118 Å². The number of rotatable bonds is 8. The molecule has 0 radical (unpaired) electrons. The van der Waals surface area contributed by atoms with Gasteiger partial charge in [-0.2, -0.15) is 0 Å². The van der Waals surface area contributed by atoms with Gasteiger partial charge < -0.3 is 5.32 Å². The van der Waals surface area contributed by atoms with E-state index in [2.05, 4.69) is 12.2 Å². The van der Waals surface area contributed by atoms with E-state index in [0.29, 0.717) is 19.6 Å². The van der Waals surface area contributed by atoms with Crippen molar-refractivity contribution < 1.29 is 9.59 Å². The zero-order valence-electron chi connectivity index (χ0n) is 11.9. The van der Waals surface area contributed by atoms with Crippen LogP contribution in [0.1, 0.15) is 35.3 Å². The quantitative estimate of drug-likeness (QED) is 0.741. The highest BCUT2D eigenvalue weighted by Gasteiger charge is 2.15. The summed E-state index contributed by atoms with van der Waals surface area (Å²) < 4.78 is 0. The fourth-order valence-corrected chi connectivity index (χ4v) is 2.61. The summed E-state index contributed by atoms with van der Waals surface area (Å²) in [7, 11) is 0. The van der Waals surface area contributed by atoms with Crippen molar-refractivity contribution in [1.82, 2.24) is 10.2 Å². The standard InChI is InChI=1S/C14H22N2O2S/c1-4-11-7-8-13(19-11)12(17)9-16(6-3)10-14(18)15-5-2/h7-8H,4-6,9-10H2,1-3H3,(H,15,18). The summed E-state index contributed by atoms with van der Waals surface area (Å²) in [4.78, 5) is 27.5. The van der Waals surface area contributed by atoms with Crippen molar-refractivity contribution in [2.24, 2.45) is 0 Å². The van der Waals surface area contributed by atoms with Crippen LogP contribution in [0.25, 0.3) is 0 Å². The third kappa shape index (κ3) is 5.12. The minimum Gasteiger partial charge on any atom is -0.355 e. The molecule has 1 aromatic heterocycles. The largest absolute Gasteiger partial charge is 0.355 e. The fourth-order valence-electron chi connectivity index (χ4n) is 1.73. The highest BCUT2D eigenvalue weighted by atomic mass is 32.1. The van der Waals surface area contributed by atoms with Gasteiger partial charge in [-0.1, -0.05) is 13.8 Å². The molecule has 0 bridgehead atoms. The summed E-state index contributed by atoms with van der Waals surface area (Å²) in [6, 6.07) is 3.88. The van der Waals surface area contributed by atoms with Gasteiger partial charge in [-0.25, -0.2) is 0 Å². The van der Waals surface area contributed by atoms with Gasteiger partial charge in [0.05, 0.1) is 18.0 Å². The lowest BCUT2D eigenvalue weighted by Crippen LogP contribution is -2.39. The molecule has 5 heteroatoms. The smallest absolute Gasteiger partial charge is 0.234 e. The number of likely N-dealkylation sites (N-methyl/N-ethyl adjacent to an activating group) is 2. The van der Waals surface area contributed by atoms with Crippen molar-refractivity contribution in [2.45, 2.75) is 27.2 Å². The van der Waals surface area contributed by atoms with Gasteiger partial charge in [-0.15, -0.1) is 11.3 Å². The number of carbonyl (C=O) groups excluding carboxylic acids is 2. The van der Waals surface area contributed by atoms with Crippen LogP contribution >= 0.6 is 11.3 Å².